The average Bonchev–Trinajstić information content (AvgIpc) is 3.44. The van der Waals surface area contributed by atoms with Crippen LogP contribution in [0.15, 0.2) is 37.3 Å². The van der Waals surface area contributed by atoms with Gasteiger partial charge < -0.3 is 4.90 Å². The first-order valence-corrected chi connectivity index (χ1v) is 8.41. The molecule has 1 aliphatic heterocycles. The lowest BCUT2D eigenvalue weighted by Gasteiger charge is -2.39. The minimum Gasteiger partial charge on any atom is -0.350 e. The summed E-state index contributed by atoms with van der Waals surface area (Å²) >= 11 is 0. The third kappa shape index (κ3) is 3.47. The molecule has 0 radical (unpaired) electrons. The fourth-order valence-corrected chi connectivity index (χ4v) is 3.49. The number of likely N-dealkylation sites (tertiary alicyclic amines) is 1. The molecular formula is C17H22N6. The Morgan fingerprint density at radius 2 is 1.70 bits per heavy atom. The van der Waals surface area contributed by atoms with Crippen molar-refractivity contribution in [2.75, 3.05) is 18.0 Å². The highest BCUT2D eigenvalue weighted by Crippen LogP contribution is 2.35. The molecule has 0 unspecified atom stereocenters. The quantitative estimate of drug-likeness (QED) is 0.841. The number of aromatic nitrogens is 4. The Bertz CT molecular complexity index is 607. The molecule has 1 saturated carbocycles. The van der Waals surface area contributed by atoms with E-state index in [0.717, 1.165) is 25.5 Å². The van der Waals surface area contributed by atoms with Crippen molar-refractivity contribution in [3.63, 3.8) is 0 Å². The first-order chi connectivity index (χ1) is 11.4. The summed E-state index contributed by atoms with van der Waals surface area (Å²) in [4.78, 5) is 21.8. The van der Waals surface area contributed by atoms with Crippen LogP contribution in [0.2, 0.25) is 0 Å². The number of piperidine rings is 1. The van der Waals surface area contributed by atoms with Crippen LogP contribution in [-0.4, -0.2) is 50.0 Å². The van der Waals surface area contributed by atoms with Crippen molar-refractivity contribution < 1.29 is 0 Å². The molecule has 0 spiro atoms. The van der Waals surface area contributed by atoms with Crippen LogP contribution in [0.25, 0.3) is 0 Å². The lowest BCUT2D eigenvalue weighted by Crippen LogP contribution is -2.46. The molecule has 23 heavy (non-hydrogen) atoms. The van der Waals surface area contributed by atoms with Crippen LogP contribution >= 0.6 is 0 Å². The molecule has 0 aromatic carbocycles. The molecule has 4 rings (SSSR count). The summed E-state index contributed by atoms with van der Waals surface area (Å²) in [5.41, 5.74) is 1.20. The van der Waals surface area contributed by atoms with E-state index in [1.165, 1.54) is 31.2 Å². The van der Waals surface area contributed by atoms with Gasteiger partial charge in [-0.05, 0) is 31.7 Å². The molecule has 0 atom stereocenters. The van der Waals surface area contributed by atoms with Gasteiger partial charge in [0, 0.05) is 55.9 Å². The van der Waals surface area contributed by atoms with Crippen LogP contribution in [0.1, 0.15) is 31.2 Å². The standard InChI is InChI=1S/C17H22N6/c1-2-15(1)23(17-3-6-18-13-21-17)16-4-7-22(8-5-16)11-14-9-19-12-20-10-14/h3,6,9-10,12-13,15-16H,1-2,4-5,7-8,11H2. The fourth-order valence-electron chi connectivity index (χ4n) is 3.49. The van der Waals surface area contributed by atoms with Crippen molar-refractivity contribution in [3.8, 4) is 0 Å². The van der Waals surface area contributed by atoms with E-state index >= 15 is 0 Å². The first kappa shape index (κ1) is 14.5. The predicted molar refractivity (Wildman–Crippen MR) is 87.9 cm³/mol. The molecule has 120 valence electrons. The summed E-state index contributed by atoms with van der Waals surface area (Å²) in [5.74, 6) is 1.09. The maximum Gasteiger partial charge on any atom is 0.132 e. The van der Waals surface area contributed by atoms with Gasteiger partial charge in [-0.15, -0.1) is 0 Å². The minimum atomic E-state index is 0.598. The Morgan fingerprint density at radius 3 is 2.35 bits per heavy atom. The van der Waals surface area contributed by atoms with Gasteiger partial charge in [0.2, 0.25) is 0 Å². The van der Waals surface area contributed by atoms with E-state index in [1.54, 1.807) is 12.7 Å². The van der Waals surface area contributed by atoms with Gasteiger partial charge in [-0.2, -0.15) is 0 Å². The maximum absolute atomic E-state index is 4.49. The Hall–Kier alpha value is -2.08. The van der Waals surface area contributed by atoms with Crippen LogP contribution < -0.4 is 4.90 Å². The normalized spacial score (nSPS) is 19.7. The highest BCUT2D eigenvalue weighted by atomic mass is 15.3. The van der Waals surface area contributed by atoms with Crippen LogP contribution in [-0.2, 0) is 6.54 Å². The van der Waals surface area contributed by atoms with Gasteiger partial charge in [-0.25, -0.2) is 19.9 Å². The van der Waals surface area contributed by atoms with Gasteiger partial charge in [-0.1, -0.05) is 0 Å². The van der Waals surface area contributed by atoms with E-state index in [4.69, 9.17) is 0 Å². The van der Waals surface area contributed by atoms with Crippen LogP contribution in [0.5, 0.6) is 0 Å². The summed E-state index contributed by atoms with van der Waals surface area (Å²) in [5, 5.41) is 0. The zero-order chi connectivity index (χ0) is 15.5. The number of hydrogen-bond acceptors (Lipinski definition) is 6. The Balaban J connectivity index is 1.38. The van der Waals surface area contributed by atoms with E-state index in [1.807, 2.05) is 24.7 Å². The molecule has 2 aromatic heterocycles. The second-order valence-corrected chi connectivity index (χ2v) is 6.46. The van der Waals surface area contributed by atoms with Crippen molar-refractivity contribution in [1.29, 1.82) is 0 Å². The highest BCUT2D eigenvalue weighted by molar-refractivity contribution is 5.41. The molecule has 2 fully saturated rings. The minimum absolute atomic E-state index is 0.598. The van der Waals surface area contributed by atoms with Crippen molar-refractivity contribution >= 4 is 5.82 Å². The van der Waals surface area contributed by atoms with Crippen molar-refractivity contribution in [1.82, 2.24) is 24.8 Å². The zero-order valence-corrected chi connectivity index (χ0v) is 13.3. The van der Waals surface area contributed by atoms with E-state index < -0.39 is 0 Å². The smallest absolute Gasteiger partial charge is 0.132 e. The summed E-state index contributed by atoms with van der Waals surface area (Å²) in [6.07, 6.45) is 13.9. The highest BCUT2D eigenvalue weighted by Gasteiger charge is 2.36. The number of nitrogens with zero attached hydrogens (tertiary/aromatic N) is 6. The average molecular weight is 310 g/mol. The van der Waals surface area contributed by atoms with Crippen LogP contribution in [0.4, 0.5) is 5.82 Å². The second-order valence-electron chi connectivity index (χ2n) is 6.46. The second kappa shape index (κ2) is 6.58. The Labute approximate surface area is 136 Å². The largest absolute Gasteiger partial charge is 0.350 e. The van der Waals surface area contributed by atoms with E-state index in [-0.39, 0.29) is 0 Å². The van der Waals surface area contributed by atoms with Gasteiger partial charge in [-0.3, -0.25) is 4.90 Å². The van der Waals surface area contributed by atoms with Gasteiger partial charge in [0.15, 0.2) is 0 Å². The number of anilines is 1. The summed E-state index contributed by atoms with van der Waals surface area (Å²) < 4.78 is 0. The zero-order valence-electron chi connectivity index (χ0n) is 13.3. The Morgan fingerprint density at radius 1 is 0.957 bits per heavy atom. The lowest BCUT2D eigenvalue weighted by atomic mass is 10.0. The van der Waals surface area contributed by atoms with Crippen molar-refractivity contribution in [2.45, 2.75) is 44.3 Å². The molecule has 0 N–H and O–H groups in total. The molecule has 1 saturated heterocycles. The summed E-state index contributed by atoms with van der Waals surface area (Å²) in [6.45, 7) is 3.19. The lowest BCUT2D eigenvalue weighted by molar-refractivity contribution is 0.200. The van der Waals surface area contributed by atoms with Crippen LogP contribution in [0.3, 0.4) is 0 Å². The fraction of sp³-hybridized carbons (Fsp3) is 0.529. The SMILES string of the molecule is c1cc(N(C2CC2)C2CCN(Cc3cncnc3)CC2)ncn1. The molecule has 1 aliphatic carbocycles. The van der Waals surface area contributed by atoms with Gasteiger partial charge in [0.1, 0.15) is 18.5 Å². The molecule has 0 bridgehead atoms. The molecule has 3 heterocycles. The molecule has 2 aliphatic rings. The number of hydrogen-bond donors (Lipinski definition) is 0. The molecule has 6 nitrogen and oxygen atoms in total. The molecule has 0 amide bonds. The number of rotatable bonds is 5. The third-order valence-corrected chi connectivity index (χ3v) is 4.74. The van der Waals surface area contributed by atoms with Crippen molar-refractivity contribution in [2.24, 2.45) is 0 Å². The van der Waals surface area contributed by atoms with Gasteiger partial charge in [0.05, 0.1) is 0 Å². The summed E-state index contributed by atoms with van der Waals surface area (Å²) in [6, 6.07) is 3.33. The van der Waals surface area contributed by atoms with E-state index in [0.29, 0.717) is 12.1 Å². The first-order valence-electron chi connectivity index (χ1n) is 8.41. The molecule has 2 aromatic rings. The summed E-state index contributed by atoms with van der Waals surface area (Å²) in [7, 11) is 0. The van der Waals surface area contributed by atoms with Crippen LogP contribution in [0, 0.1) is 0 Å². The topological polar surface area (TPSA) is 58.0 Å². The molecular weight excluding hydrogens is 288 g/mol. The van der Waals surface area contributed by atoms with Gasteiger partial charge in [0.25, 0.3) is 0 Å². The third-order valence-electron chi connectivity index (χ3n) is 4.74. The van der Waals surface area contributed by atoms with E-state index in [2.05, 4.69) is 29.7 Å². The van der Waals surface area contributed by atoms with Crippen molar-refractivity contribution in [3.05, 3.63) is 42.9 Å². The molecule has 6 heteroatoms. The van der Waals surface area contributed by atoms with Gasteiger partial charge >= 0.3 is 0 Å². The monoisotopic (exact) mass is 310 g/mol. The van der Waals surface area contributed by atoms with E-state index in [9.17, 15) is 0 Å². The Kier molecular flexibility index (Phi) is 4.15. The maximum atomic E-state index is 4.49. The predicted octanol–water partition coefficient (Wildman–Crippen LogP) is 1.90.